The van der Waals surface area contributed by atoms with Gasteiger partial charge in [-0.3, -0.25) is 4.79 Å². The van der Waals surface area contributed by atoms with E-state index >= 15 is 0 Å². The standard InChI is InChI=1S/C19H26O2/c1-17-7-14-6-15(8-17)10-18(9-14,12-17)16(20)21-19-4-2-13(11-19)3-5-19/h2,4,13-15H,3,5-12H2,1H3. The molecule has 0 heterocycles. The molecule has 0 aromatic rings. The topological polar surface area (TPSA) is 26.3 Å². The van der Waals surface area contributed by atoms with Crippen molar-refractivity contribution in [2.45, 2.75) is 70.3 Å². The fraction of sp³-hybridized carbons (Fsp3) is 0.842. The normalized spacial score (nSPS) is 56.1. The van der Waals surface area contributed by atoms with E-state index in [9.17, 15) is 4.79 Å². The van der Waals surface area contributed by atoms with Crippen molar-refractivity contribution in [2.24, 2.45) is 28.6 Å². The minimum absolute atomic E-state index is 0.123. The number of fused-ring (bicyclic) bond motifs is 2. The Morgan fingerprint density at radius 3 is 2.43 bits per heavy atom. The minimum atomic E-state index is -0.216. The van der Waals surface area contributed by atoms with Crippen LogP contribution in [0.15, 0.2) is 12.2 Å². The Bertz CT molecular complexity index is 520. The predicted molar refractivity (Wildman–Crippen MR) is 80.5 cm³/mol. The van der Waals surface area contributed by atoms with Crippen molar-refractivity contribution in [3.8, 4) is 0 Å². The Balaban J connectivity index is 1.42. The summed E-state index contributed by atoms with van der Waals surface area (Å²) in [7, 11) is 0. The van der Waals surface area contributed by atoms with E-state index in [-0.39, 0.29) is 17.0 Å². The molecule has 0 spiro atoms. The lowest BCUT2D eigenvalue weighted by atomic mass is 9.44. The molecular weight excluding hydrogens is 260 g/mol. The van der Waals surface area contributed by atoms with Gasteiger partial charge in [-0.25, -0.2) is 0 Å². The molecule has 4 unspecified atom stereocenters. The van der Waals surface area contributed by atoms with Gasteiger partial charge in [0, 0.05) is 0 Å². The number of carbonyl (C=O) groups excluding carboxylic acids is 1. The fourth-order valence-electron chi connectivity index (χ4n) is 7.08. The molecule has 4 atom stereocenters. The number of esters is 1. The minimum Gasteiger partial charge on any atom is -0.454 e. The van der Waals surface area contributed by atoms with E-state index < -0.39 is 0 Å². The first-order valence-electron chi connectivity index (χ1n) is 8.91. The van der Waals surface area contributed by atoms with E-state index in [0.717, 1.165) is 43.9 Å². The summed E-state index contributed by atoms with van der Waals surface area (Å²) >= 11 is 0. The fourth-order valence-corrected chi connectivity index (χ4v) is 7.08. The smallest absolute Gasteiger partial charge is 0.312 e. The highest BCUT2D eigenvalue weighted by atomic mass is 16.6. The van der Waals surface area contributed by atoms with Gasteiger partial charge in [-0.1, -0.05) is 13.0 Å². The van der Waals surface area contributed by atoms with E-state index in [1.54, 1.807) is 0 Å². The van der Waals surface area contributed by atoms with Crippen LogP contribution in [0, 0.1) is 28.6 Å². The first kappa shape index (κ1) is 12.7. The van der Waals surface area contributed by atoms with Crippen molar-refractivity contribution in [1.82, 2.24) is 0 Å². The van der Waals surface area contributed by atoms with Crippen LogP contribution in [0.5, 0.6) is 0 Å². The molecule has 6 aliphatic carbocycles. The van der Waals surface area contributed by atoms with Crippen molar-refractivity contribution in [3.05, 3.63) is 12.2 Å². The zero-order valence-electron chi connectivity index (χ0n) is 13.1. The van der Waals surface area contributed by atoms with Crippen LogP contribution >= 0.6 is 0 Å². The zero-order valence-corrected chi connectivity index (χ0v) is 13.1. The summed E-state index contributed by atoms with van der Waals surface area (Å²) in [6.07, 6.45) is 15.2. The lowest BCUT2D eigenvalue weighted by molar-refractivity contribution is -0.189. The van der Waals surface area contributed by atoms with Gasteiger partial charge in [-0.15, -0.1) is 0 Å². The van der Waals surface area contributed by atoms with Gasteiger partial charge >= 0.3 is 5.97 Å². The SMILES string of the molecule is CC12CC3CC(C1)CC(C(=O)OC14C=CC(CC1)C4)(C3)C2. The molecule has 0 aliphatic heterocycles. The van der Waals surface area contributed by atoms with Crippen LogP contribution in [0.1, 0.15) is 64.7 Å². The number of hydrogen-bond acceptors (Lipinski definition) is 2. The van der Waals surface area contributed by atoms with Crippen molar-refractivity contribution in [2.75, 3.05) is 0 Å². The van der Waals surface area contributed by atoms with Gasteiger partial charge in [0.05, 0.1) is 5.41 Å². The highest BCUT2D eigenvalue weighted by molar-refractivity contribution is 5.78. The van der Waals surface area contributed by atoms with E-state index in [0.29, 0.717) is 11.3 Å². The molecule has 6 bridgehead atoms. The average Bonchev–Trinajstić information content (AvgIpc) is 2.95. The van der Waals surface area contributed by atoms with Gasteiger partial charge < -0.3 is 4.74 Å². The monoisotopic (exact) mass is 286 g/mol. The highest BCUT2D eigenvalue weighted by Crippen LogP contribution is 2.65. The van der Waals surface area contributed by atoms with Crippen LogP contribution in [0.2, 0.25) is 0 Å². The molecule has 6 rings (SSSR count). The van der Waals surface area contributed by atoms with Crippen molar-refractivity contribution >= 4 is 5.97 Å². The molecule has 21 heavy (non-hydrogen) atoms. The summed E-state index contributed by atoms with van der Waals surface area (Å²) in [6.45, 7) is 2.42. The zero-order chi connectivity index (χ0) is 14.3. The largest absolute Gasteiger partial charge is 0.454 e. The molecule has 0 radical (unpaired) electrons. The molecule has 0 N–H and O–H groups in total. The van der Waals surface area contributed by atoms with Crippen molar-refractivity contribution in [3.63, 3.8) is 0 Å². The van der Waals surface area contributed by atoms with Gasteiger partial charge in [0.25, 0.3) is 0 Å². The summed E-state index contributed by atoms with van der Waals surface area (Å²) in [6, 6.07) is 0. The summed E-state index contributed by atoms with van der Waals surface area (Å²) in [5, 5.41) is 0. The van der Waals surface area contributed by atoms with Gasteiger partial charge in [0.1, 0.15) is 5.60 Å². The Morgan fingerprint density at radius 1 is 1.14 bits per heavy atom. The first-order chi connectivity index (χ1) is 9.98. The number of hydrogen-bond donors (Lipinski definition) is 0. The molecule has 0 aromatic heterocycles. The summed E-state index contributed by atoms with van der Waals surface area (Å²) in [5.41, 5.74) is 0.0819. The van der Waals surface area contributed by atoms with E-state index in [2.05, 4.69) is 19.1 Å². The lowest BCUT2D eigenvalue weighted by Crippen LogP contribution is -2.55. The quantitative estimate of drug-likeness (QED) is 0.560. The third kappa shape index (κ3) is 1.74. The van der Waals surface area contributed by atoms with Crippen LogP contribution in [-0.4, -0.2) is 11.6 Å². The highest BCUT2D eigenvalue weighted by Gasteiger charge is 2.60. The maximum atomic E-state index is 13.1. The Morgan fingerprint density at radius 2 is 1.90 bits per heavy atom. The molecular formula is C19H26O2. The molecule has 114 valence electrons. The first-order valence-corrected chi connectivity index (χ1v) is 8.91. The second-order valence-electron chi connectivity index (χ2n) is 9.37. The molecule has 0 aromatic carbocycles. The second-order valence-corrected chi connectivity index (χ2v) is 9.37. The molecule has 0 amide bonds. The molecule has 5 saturated carbocycles. The summed E-state index contributed by atoms with van der Waals surface area (Å²) in [5.74, 6) is 2.41. The van der Waals surface area contributed by atoms with Gasteiger partial charge in [-0.05, 0) is 87.0 Å². The van der Waals surface area contributed by atoms with Crippen molar-refractivity contribution < 1.29 is 9.53 Å². The second kappa shape index (κ2) is 3.75. The molecule has 2 nitrogen and oxygen atoms in total. The van der Waals surface area contributed by atoms with Gasteiger partial charge in [-0.2, -0.15) is 0 Å². The summed E-state index contributed by atoms with van der Waals surface area (Å²) in [4.78, 5) is 13.1. The Kier molecular flexibility index (Phi) is 2.27. The van der Waals surface area contributed by atoms with Gasteiger partial charge in [0.15, 0.2) is 0 Å². The van der Waals surface area contributed by atoms with Crippen LogP contribution in [0.3, 0.4) is 0 Å². The maximum Gasteiger partial charge on any atom is 0.312 e. The number of allylic oxidation sites excluding steroid dienone is 1. The van der Waals surface area contributed by atoms with Crippen LogP contribution < -0.4 is 0 Å². The average molecular weight is 286 g/mol. The molecule has 0 saturated heterocycles. The predicted octanol–water partition coefficient (Wildman–Crippen LogP) is 4.24. The van der Waals surface area contributed by atoms with Gasteiger partial charge in [0.2, 0.25) is 0 Å². The van der Waals surface area contributed by atoms with Crippen molar-refractivity contribution in [1.29, 1.82) is 0 Å². The third-order valence-corrected chi connectivity index (χ3v) is 7.30. The maximum absolute atomic E-state index is 13.1. The van der Waals surface area contributed by atoms with E-state index in [4.69, 9.17) is 4.74 Å². The number of carbonyl (C=O) groups is 1. The third-order valence-electron chi connectivity index (χ3n) is 7.30. The molecule has 6 aliphatic rings. The lowest BCUT2D eigenvalue weighted by Gasteiger charge is -2.60. The van der Waals surface area contributed by atoms with Crippen LogP contribution in [-0.2, 0) is 9.53 Å². The van der Waals surface area contributed by atoms with Crippen LogP contribution in [0.25, 0.3) is 0 Å². The Hall–Kier alpha value is -0.790. The summed E-state index contributed by atoms with van der Waals surface area (Å²) < 4.78 is 6.19. The molecule has 2 heteroatoms. The van der Waals surface area contributed by atoms with E-state index in [1.165, 1.54) is 25.7 Å². The van der Waals surface area contributed by atoms with Crippen LogP contribution in [0.4, 0.5) is 0 Å². The number of ether oxygens (including phenoxy) is 1. The Labute approximate surface area is 127 Å². The van der Waals surface area contributed by atoms with E-state index in [1.807, 2.05) is 0 Å². The molecule has 5 fully saturated rings. The number of rotatable bonds is 2.